The van der Waals surface area contributed by atoms with E-state index in [0.29, 0.717) is 18.3 Å². The van der Waals surface area contributed by atoms with Gasteiger partial charge in [0, 0.05) is 12.7 Å². The van der Waals surface area contributed by atoms with Gasteiger partial charge in [-0.15, -0.1) is 0 Å². The van der Waals surface area contributed by atoms with Crippen LogP contribution >= 0.6 is 11.6 Å². The van der Waals surface area contributed by atoms with Crippen LogP contribution in [-0.2, 0) is 16.1 Å². The quantitative estimate of drug-likeness (QED) is 0.714. The Morgan fingerprint density at radius 3 is 2.65 bits per heavy atom. The molecule has 0 aliphatic heterocycles. The lowest BCUT2D eigenvalue weighted by atomic mass is 10.1. The molecular weight excluding hydrogens is 316 g/mol. The smallest absolute Gasteiger partial charge is 0.407 e. The van der Waals surface area contributed by atoms with Gasteiger partial charge in [0.05, 0.1) is 12.7 Å². The normalized spacial score (nSPS) is 12.7. The summed E-state index contributed by atoms with van der Waals surface area (Å²) in [6.07, 6.45) is 4.12. The number of hydrogen-bond acceptors (Lipinski definition) is 4. The zero-order valence-corrected chi connectivity index (χ0v) is 15.2. The van der Waals surface area contributed by atoms with E-state index in [1.165, 1.54) is 0 Å². The van der Waals surface area contributed by atoms with E-state index in [0.717, 1.165) is 24.8 Å². The van der Waals surface area contributed by atoms with Gasteiger partial charge in [0.2, 0.25) is 0 Å². The van der Waals surface area contributed by atoms with E-state index >= 15 is 0 Å². The number of carbonyl (C=O) groups excluding carboxylic acids is 1. The fourth-order valence-electron chi connectivity index (χ4n) is 1.99. The number of nitrogens with one attached hydrogen (secondary N) is 1. The van der Waals surface area contributed by atoms with Gasteiger partial charge in [0.1, 0.15) is 10.8 Å². The van der Waals surface area contributed by atoms with Gasteiger partial charge in [-0.1, -0.05) is 31.0 Å². The minimum Gasteiger partial charge on any atom is -0.444 e. The Kier molecular flexibility index (Phi) is 8.34. The van der Waals surface area contributed by atoms with Gasteiger partial charge >= 0.3 is 6.09 Å². The van der Waals surface area contributed by atoms with E-state index in [1.54, 1.807) is 12.3 Å². The zero-order valence-electron chi connectivity index (χ0n) is 14.4. The highest BCUT2D eigenvalue weighted by atomic mass is 35.5. The molecule has 130 valence electrons. The van der Waals surface area contributed by atoms with Crippen molar-refractivity contribution in [3.8, 4) is 0 Å². The van der Waals surface area contributed by atoms with Crippen molar-refractivity contribution in [2.75, 3.05) is 6.54 Å². The number of ether oxygens (including phenoxy) is 2. The number of amides is 1. The van der Waals surface area contributed by atoms with E-state index in [-0.39, 0.29) is 6.10 Å². The summed E-state index contributed by atoms with van der Waals surface area (Å²) in [6, 6.07) is 3.65. The fraction of sp³-hybridized carbons (Fsp3) is 0.647. The summed E-state index contributed by atoms with van der Waals surface area (Å²) in [5.41, 5.74) is 0.501. The van der Waals surface area contributed by atoms with Gasteiger partial charge in [-0.3, -0.25) is 0 Å². The Balaban J connectivity index is 2.34. The van der Waals surface area contributed by atoms with Gasteiger partial charge in [-0.25, -0.2) is 9.78 Å². The number of hydrogen-bond donors (Lipinski definition) is 1. The molecular formula is C17H27ClN2O3. The third-order valence-corrected chi connectivity index (χ3v) is 3.24. The number of halogens is 1. The first-order valence-corrected chi connectivity index (χ1v) is 8.37. The summed E-state index contributed by atoms with van der Waals surface area (Å²) in [5.74, 6) is 0. The summed E-state index contributed by atoms with van der Waals surface area (Å²) in [6.45, 7) is 8.66. The van der Waals surface area contributed by atoms with Crippen molar-refractivity contribution in [2.45, 2.75) is 65.3 Å². The van der Waals surface area contributed by atoms with Gasteiger partial charge in [0.15, 0.2) is 0 Å². The lowest BCUT2D eigenvalue weighted by molar-refractivity contribution is 0.0265. The highest BCUT2D eigenvalue weighted by Gasteiger charge is 2.16. The van der Waals surface area contributed by atoms with Crippen LogP contribution in [0.3, 0.4) is 0 Å². The van der Waals surface area contributed by atoms with E-state index < -0.39 is 11.7 Å². The third kappa shape index (κ3) is 9.41. The number of carbonyl (C=O) groups is 1. The predicted molar refractivity (Wildman–Crippen MR) is 91.6 cm³/mol. The summed E-state index contributed by atoms with van der Waals surface area (Å²) in [5, 5.41) is 3.24. The van der Waals surface area contributed by atoms with Gasteiger partial charge in [-0.2, -0.15) is 0 Å². The molecule has 0 saturated heterocycles. The highest BCUT2D eigenvalue weighted by molar-refractivity contribution is 6.29. The minimum absolute atomic E-state index is 0.0885. The Morgan fingerprint density at radius 1 is 1.35 bits per heavy atom. The largest absolute Gasteiger partial charge is 0.444 e. The van der Waals surface area contributed by atoms with Crippen molar-refractivity contribution in [1.29, 1.82) is 0 Å². The molecule has 0 fully saturated rings. The average molecular weight is 343 g/mol. The molecule has 1 rings (SSSR count). The topological polar surface area (TPSA) is 60.5 Å². The molecule has 1 unspecified atom stereocenters. The number of alkyl carbamates (subject to hydrolysis) is 1. The molecule has 0 saturated carbocycles. The zero-order chi connectivity index (χ0) is 17.3. The molecule has 6 heteroatoms. The Hall–Kier alpha value is -1.33. The van der Waals surface area contributed by atoms with Crippen LogP contribution in [-0.4, -0.2) is 29.3 Å². The highest BCUT2D eigenvalue weighted by Crippen LogP contribution is 2.12. The molecule has 1 amide bonds. The molecule has 0 radical (unpaired) electrons. The van der Waals surface area contributed by atoms with E-state index in [1.807, 2.05) is 26.8 Å². The van der Waals surface area contributed by atoms with Crippen LogP contribution in [0.2, 0.25) is 5.15 Å². The number of aromatic nitrogens is 1. The molecule has 0 bridgehead atoms. The Morgan fingerprint density at radius 2 is 2.09 bits per heavy atom. The average Bonchev–Trinajstić information content (AvgIpc) is 2.44. The molecule has 5 nitrogen and oxygen atoms in total. The van der Waals surface area contributed by atoms with E-state index in [4.69, 9.17) is 21.1 Å². The van der Waals surface area contributed by atoms with Crippen molar-refractivity contribution in [3.63, 3.8) is 0 Å². The first-order valence-electron chi connectivity index (χ1n) is 7.99. The monoisotopic (exact) mass is 342 g/mol. The second-order valence-corrected chi connectivity index (χ2v) is 6.82. The van der Waals surface area contributed by atoms with Crippen molar-refractivity contribution < 1.29 is 14.3 Å². The lowest BCUT2D eigenvalue weighted by Gasteiger charge is -2.21. The molecule has 1 N–H and O–H groups in total. The summed E-state index contributed by atoms with van der Waals surface area (Å²) in [7, 11) is 0. The fourth-order valence-corrected chi connectivity index (χ4v) is 2.10. The molecule has 23 heavy (non-hydrogen) atoms. The summed E-state index contributed by atoms with van der Waals surface area (Å²) < 4.78 is 11.1. The van der Waals surface area contributed by atoms with Gasteiger partial charge in [0.25, 0.3) is 0 Å². The number of pyridine rings is 1. The van der Waals surface area contributed by atoms with Crippen LogP contribution in [0.1, 0.15) is 52.5 Å². The number of rotatable bonds is 8. The maximum Gasteiger partial charge on any atom is 0.407 e. The predicted octanol–water partition coefficient (Wildman–Crippen LogP) is 4.34. The van der Waals surface area contributed by atoms with Crippen LogP contribution in [0, 0.1) is 0 Å². The first-order chi connectivity index (χ1) is 10.8. The molecule has 1 aromatic rings. The molecule has 0 aliphatic carbocycles. The van der Waals surface area contributed by atoms with Crippen LogP contribution < -0.4 is 5.32 Å². The summed E-state index contributed by atoms with van der Waals surface area (Å²) in [4.78, 5) is 15.6. The maximum absolute atomic E-state index is 11.6. The second kappa shape index (κ2) is 9.73. The molecule has 0 aliphatic rings. The van der Waals surface area contributed by atoms with Crippen molar-refractivity contribution in [1.82, 2.24) is 10.3 Å². The van der Waals surface area contributed by atoms with Gasteiger partial charge in [-0.05, 0) is 45.2 Å². The molecule has 1 heterocycles. The standard InChI is InChI=1S/C17H27ClN2O3/c1-5-6-14(9-10-19-16(21)23-17(2,3)4)22-12-13-7-8-15(18)20-11-13/h7-8,11,14H,5-6,9-10,12H2,1-4H3,(H,19,21). The Labute approximate surface area is 143 Å². The van der Waals surface area contributed by atoms with Crippen LogP contribution in [0.5, 0.6) is 0 Å². The molecule has 0 spiro atoms. The molecule has 1 aromatic heterocycles. The molecule has 0 aromatic carbocycles. The Bertz CT molecular complexity index is 472. The van der Waals surface area contributed by atoms with Crippen molar-refractivity contribution in [2.24, 2.45) is 0 Å². The van der Waals surface area contributed by atoms with Crippen molar-refractivity contribution in [3.05, 3.63) is 29.0 Å². The lowest BCUT2D eigenvalue weighted by Crippen LogP contribution is -2.34. The van der Waals surface area contributed by atoms with Crippen LogP contribution in [0.15, 0.2) is 18.3 Å². The van der Waals surface area contributed by atoms with E-state index in [9.17, 15) is 4.79 Å². The maximum atomic E-state index is 11.6. The SMILES string of the molecule is CCCC(CCNC(=O)OC(C)(C)C)OCc1ccc(Cl)nc1. The first kappa shape index (κ1) is 19.7. The van der Waals surface area contributed by atoms with Gasteiger partial charge < -0.3 is 14.8 Å². The molecule has 1 atom stereocenters. The third-order valence-electron chi connectivity index (χ3n) is 3.02. The second-order valence-electron chi connectivity index (χ2n) is 6.43. The van der Waals surface area contributed by atoms with Crippen LogP contribution in [0.25, 0.3) is 0 Å². The summed E-state index contributed by atoms with van der Waals surface area (Å²) >= 11 is 5.76. The van der Waals surface area contributed by atoms with E-state index in [2.05, 4.69) is 17.2 Å². The van der Waals surface area contributed by atoms with Crippen molar-refractivity contribution >= 4 is 17.7 Å². The van der Waals surface area contributed by atoms with Crippen LogP contribution in [0.4, 0.5) is 4.79 Å². The number of nitrogens with zero attached hydrogens (tertiary/aromatic N) is 1. The minimum atomic E-state index is -0.481.